The highest BCUT2D eigenvalue weighted by atomic mass is 19.1. The number of imidazole rings is 1. The van der Waals surface area contributed by atoms with Crippen LogP contribution in [0.3, 0.4) is 0 Å². The second-order valence-electron chi connectivity index (χ2n) is 4.38. The van der Waals surface area contributed by atoms with Crippen molar-refractivity contribution >= 4 is 0 Å². The average molecular weight is 232 g/mol. The minimum atomic E-state index is -0.153. The molecule has 1 atom stereocenters. The van der Waals surface area contributed by atoms with E-state index in [1.54, 1.807) is 12.4 Å². The van der Waals surface area contributed by atoms with E-state index in [9.17, 15) is 4.39 Å². The molecule has 0 aliphatic rings. The minimum Gasteiger partial charge on any atom is -0.348 e. The van der Waals surface area contributed by atoms with Crippen molar-refractivity contribution in [3.8, 4) is 0 Å². The van der Waals surface area contributed by atoms with E-state index in [4.69, 9.17) is 0 Å². The molecule has 2 rings (SSSR count). The van der Waals surface area contributed by atoms with Crippen molar-refractivity contribution in [3.63, 3.8) is 0 Å². The second kappa shape index (κ2) is 5.13. The Hall–Kier alpha value is -1.64. The number of hydrogen-bond acceptors (Lipinski definition) is 1. The lowest BCUT2D eigenvalue weighted by Crippen LogP contribution is -2.03. The molecule has 3 heteroatoms. The van der Waals surface area contributed by atoms with Crippen molar-refractivity contribution in [2.75, 3.05) is 0 Å². The molecular weight excluding hydrogens is 215 g/mol. The number of aromatic amines is 1. The van der Waals surface area contributed by atoms with Crippen LogP contribution >= 0.6 is 0 Å². The summed E-state index contributed by atoms with van der Waals surface area (Å²) in [6.07, 6.45) is 5.29. The Bertz CT molecular complexity index is 477. The lowest BCUT2D eigenvalue weighted by Gasteiger charge is -2.15. The molecule has 1 N–H and O–H groups in total. The van der Waals surface area contributed by atoms with E-state index in [0.717, 1.165) is 24.1 Å². The van der Waals surface area contributed by atoms with Gasteiger partial charge in [0, 0.05) is 11.9 Å². The van der Waals surface area contributed by atoms with Gasteiger partial charge in [-0.1, -0.05) is 19.9 Å². The molecule has 0 fully saturated rings. The summed E-state index contributed by atoms with van der Waals surface area (Å²) in [7, 11) is 0. The molecule has 0 unspecified atom stereocenters. The Morgan fingerprint density at radius 2 is 2.24 bits per heavy atom. The first-order chi connectivity index (χ1) is 8.20. The zero-order valence-corrected chi connectivity index (χ0v) is 10.2. The molecule has 1 aromatic carbocycles. The SMILES string of the molecule is CCc1cc(F)ccc1[C@@H](C)Cc1cnc[nH]1. The van der Waals surface area contributed by atoms with Gasteiger partial charge in [0.25, 0.3) is 0 Å². The maximum Gasteiger partial charge on any atom is 0.123 e. The molecule has 0 saturated heterocycles. The fourth-order valence-electron chi connectivity index (χ4n) is 2.20. The molecule has 17 heavy (non-hydrogen) atoms. The molecule has 0 bridgehead atoms. The fourth-order valence-corrected chi connectivity index (χ4v) is 2.20. The van der Waals surface area contributed by atoms with E-state index in [2.05, 4.69) is 23.8 Å². The van der Waals surface area contributed by atoms with Gasteiger partial charge in [-0.3, -0.25) is 0 Å². The Morgan fingerprint density at radius 1 is 1.41 bits per heavy atom. The summed E-state index contributed by atoms with van der Waals surface area (Å²) in [4.78, 5) is 7.11. The van der Waals surface area contributed by atoms with Crippen molar-refractivity contribution in [1.29, 1.82) is 0 Å². The van der Waals surface area contributed by atoms with Gasteiger partial charge in [0.2, 0.25) is 0 Å². The molecule has 0 saturated carbocycles. The molecule has 1 heterocycles. The van der Waals surface area contributed by atoms with E-state index in [-0.39, 0.29) is 5.82 Å². The predicted molar refractivity (Wildman–Crippen MR) is 66.5 cm³/mol. The number of aryl methyl sites for hydroxylation is 1. The van der Waals surface area contributed by atoms with Crippen LogP contribution in [0, 0.1) is 5.82 Å². The summed E-state index contributed by atoms with van der Waals surface area (Å²) >= 11 is 0. The van der Waals surface area contributed by atoms with E-state index >= 15 is 0 Å². The van der Waals surface area contributed by atoms with Gasteiger partial charge >= 0.3 is 0 Å². The topological polar surface area (TPSA) is 28.7 Å². The minimum absolute atomic E-state index is 0.153. The third kappa shape index (κ3) is 2.73. The average Bonchev–Trinajstić information content (AvgIpc) is 2.81. The summed E-state index contributed by atoms with van der Waals surface area (Å²) in [5, 5.41) is 0. The number of halogens is 1. The lowest BCUT2D eigenvalue weighted by atomic mass is 9.91. The van der Waals surface area contributed by atoms with Crippen LogP contribution in [0.5, 0.6) is 0 Å². The Labute approximate surface area is 101 Å². The smallest absolute Gasteiger partial charge is 0.123 e. The third-order valence-electron chi connectivity index (χ3n) is 3.10. The van der Waals surface area contributed by atoms with Crippen molar-refractivity contribution in [3.05, 3.63) is 53.4 Å². The number of aromatic nitrogens is 2. The van der Waals surface area contributed by atoms with Crippen LogP contribution in [0.2, 0.25) is 0 Å². The molecule has 0 aliphatic heterocycles. The highest BCUT2D eigenvalue weighted by Gasteiger charge is 2.11. The molecule has 90 valence electrons. The Balaban J connectivity index is 2.21. The van der Waals surface area contributed by atoms with Gasteiger partial charge in [0.15, 0.2) is 0 Å². The monoisotopic (exact) mass is 232 g/mol. The van der Waals surface area contributed by atoms with Gasteiger partial charge in [0.1, 0.15) is 5.82 Å². The van der Waals surface area contributed by atoms with Gasteiger partial charge in [-0.25, -0.2) is 9.37 Å². The van der Waals surface area contributed by atoms with Crippen LogP contribution in [-0.4, -0.2) is 9.97 Å². The van der Waals surface area contributed by atoms with Gasteiger partial charge < -0.3 is 4.98 Å². The van der Waals surface area contributed by atoms with E-state index in [1.165, 1.54) is 11.6 Å². The van der Waals surface area contributed by atoms with Gasteiger partial charge in [-0.15, -0.1) is 0 Å². The predicted octanol–water partition coefficient (Wildman–Crippen LogP) is 3.46. The number of H-pyrrole nitrogens is 1. The maximum atomic E-state index is 13.2. The van der Waals surface area contributed by atoms with Crippen molar-refractivity contribution in [2.45, 2.75) is 32.6 Å². The van der Waals surface area contributed by atoms with Crippen LogP contribution in [0.4, 0.5) is 4.39 Å². The van der Waals surface area contributed by atoms with E-state index in [1.807, 2.05) is 12.3 Å². The first kappa shape index (κ1) is 11.8. The number of nitrogens with one attached hydrogen (secondary N) is 1. The molecule has 0 spiro atoms. The van der Waals surface area contributed by atoms with Crippen LogP contribution in [-0.2, 0) is 12.8 Å². The summed E-state index contributed by atoms with van der Waals surface area (Å²) in [6, 6.07) is 5.08. The molecule has 0 radical (unpaired) electrons. The quantitative estimate of drug-likeness (QED) is 0.859. The molecule has 2 nitrogen and oxygen atoms in total. The van der Waals surface area contributed by atoms with Crippen LogP contribution in [0.25, 0.3) is 0 Å². The largest absolute Gasteiger partial charge is 0.348 e. The van der Waals surface area contributed by atoms with Crippen molar-refractivity contribution in [2.24, 2.45) is 0 Å². The number of rotatable bonds is 4. The fraction of sp³-hybridized carbons (Fsp3) is 0.357. The molecule has 2 aromatic rings. The van der Waals surface area contributed by atoms with Gasteiger partial charge in [-0.2, -0.15) is 0 Å². The van der Waals surface area contributed by atoms with Crippen LogP contribution in [0.1, 0.15) is 36.6 Å². The first-order valence-electron chi connectivity index (χ1n) is 5.96. The molecule has 0 aliphatic carbocycles. The maximum absolute atomic E-state index is 13.2. The number of hydrogen-bond donors (Lipinski definition) is 1. The molecule has 0 amide bonds. The van der Waals surface area contributed by atoms with E-state index < -0.39 is 0 Å². The number of nitrogens with zero attached hydrogens (tertiary/aromatic N) is 1. The highest BCUT2D eigenvalue weighted by molar-refractivity contribution is 5.31. The Kier molecular flexibility index (Phi) is 3.57. The summed E-state index contributed by atoms with van der Waals surface area (Å²) in [6.45, 7) is 4.22. The summed E-state index contributed by atoms with van der Waals surface area (Å²) in [5.74, 6) is 0.213. The van der Waals surface area contributed by atoms with Gasteiger partial charge in [-0.05, 0) is 42.0 Å². The highest BCUT2D eigenvalue weighted by Crippen LogP contribution is 2.24. The summed E-state index contributed by atoms with van der Waals surface area (Å²) in [5.41, 5.74) is 3.43. The molecular formula is C14H17FN2. The second-order valence-corrected chi connectivity index (χ2v) is 4.38. The van der Waals surface area contributed by atoms with Crippen molar-refractivity contribution in [1.82, 2.24) is 9.97 Å². The number of benzene rings is 1. The van der Waals surface area contributed by atoms with E-state index in [0.29, 0.717) is 5.92 Å². The van der Waals surface area contributed by atoms with Crippen molar-refractivity contribution < 1.29 is 4.39 Å². The Morgan fingerprint density at radius 3 is 2.88 bits per heavy atom. The van der Waals surface area contributed by atoms with Crippen LogP contribution < -0.4 is 0 Å². The van der Waals surface area contributed by atoms with Gasteiger partial charge in [0.05, 0.1) is 6.33 Å². The lowest BCUT2D eigenvalue weighted by molar-refractivity contribution is 0.621. The molecule has 1 aromatic heterocycles. The van der Waals surface area contributed by atoms with Crippen LogP contribution in [0.15, 0.2) is 30.7 Å². The first-order valence-corrected chi connectivity index (χ1v) is 5.96. The zero-order valence-electron chi connectivity index (χ0n) is 10.2. The summed E-state index contributed by atoms with van der Waals surface area (Å²) < 4.78 is 13.2. The third-order valence-corrected chi connectivity index (χ3v) is 3.10. The normalized spacial score (nSPS) is 12.6. The zero-order chi connectivity index (χ0) is 12.3. The standard InChI is InChI=1S/C14H17FN2/c1-3-11-7-12(15)4-5-14(11)10(2)6-13-8-16-9-17-13/h4-5,7-10H,3,6H2,1-2H3,(H,16,17)/t10-/m0/s1.